The Morgan fingerprint density at radius 2 is 1.68 bits per heavy atom. The molecule has 3 aliphatic rings. The monoisotopic (exact) mass is 442 g/mol. The van der Waals surface area contributed by atoms with Gasteiger partial charge in [-0.3, -0.25) is 4.79 Å². The Hall–Kier alpha value is -2.06. The van der Waals surface area contributed by atoms with Crippen LogP contribution in [0.2, 0.25) is 0 Å². The molecule has 1 aliphatic carbocycles. The van der Waals surface area contributed by atoms with E-state index in [1.54, 1.807) is 0 Å². The molecular formula is C23H30N4O3S. The Balaban J connectivity index is 1.18. The number of sulfonamides is 1. The van der Waals surface area contributed by atoms with Crippen LogP contribution in [0.4, 0.5) is 0 Å². The topological polar surface area (TPSA) is 83.5 Å². The second-order valence-electron chi connectivity index (χ2n) is 9.36. The fourth-order valence-corrected chi connectivity index (χ4v) is 5.87. The van der Waals surface area contributed by atoms with Gasteiger partial charge in [-0.05, 0) is 68.2 Å². The largest absolute Gasteiger partial charge is 0.342 e. The van der Waals surface area contributed by atoms with Crippen LogP contribution in [-0.2, 0) is 14.8 Å². The summed E-state index contributed by atoms with van der Waals surface area (Å²) in [7, 11) is -3.16. The molecule has 2 aromatic heterocycles. The zero-order valence-electron chi connectivity index (χ0n) is 18.0. The lowest BCUT2D eigenvalue weighted by molar-refractivity contribution is -0.137. The van der Waals surface area contributed by atoms with E-state index in [-0.39, 0.29) is 11.8 Å². The van der Waals surface area contributed by atoms with Crippen molar-refractivity contribution >= 4 is 27.0 Å². The maximum atomic E-state index is 13.0. The molecule has 2 saturated heterocycles. The number of amides is 1. The Labute approximate surface area is 183 Å². The summed E-state index contributed by atoms with van der Waals surface area (Å²) in [6, 6.07) is 6.50. The molecule has 0 spiro atoms. The lowest BCUT2D eigenvalue weighted by Gasteiger charge is -2.36. The number of nitrogens with zero attached hydrogens (tertiary/aromatic N) is 4. The molecule has 2 aromatic rings. The van der Waals surface area contributed by atoms with Gasteiger partial charge in [-0.1, -0.05) is 0 Å². The summed E-state index contributed by atoms with van der Waals surface area (Å²) in [6.45, 7) is 2.37. The lowest BCUT2D eigenvalue weighted by Crippen LogP contribution is -2.46. The lowest BCUT2D eigenvalue weighted by atomic mass is 9.90. The van der Waals surface area contributed by atoms with Gasteiger partial charge < -0.3 is 4.90 Å². The normalized spacial score (nSPS) is 22.2. The van der Waals surface area contributed by atoms with Crippen LogP contribution in [0.3, 0.4) is 0 Å². The van der Waals surface area contributed by atoms with Crippen molar-refractivity contribution in [2.45, 2.75) is 50.4 Å². The van der Waals surface area contributed by atoms with E-state index in [0.717, 1.165) is 42.7 Å². The third kappa shape index (κ3) is 4.46. The molecule has 31 heavy (non-hydrogen) atoms. The third-order valence-corrected chi connectivity index (χ3v) is 8.43. The predicted octanol–water partition coefficient (Wildman–Crippen LogP) is 2.88. The van der Waals surface area contributed by atoms with E-state index in [1.165, 1.54) is 29.0 Å². The average Bonchev–Trinajstić information content (AvgIpc) is 3.63. The van der Waals surface area contributed by atoms with Crippen LogP contribution in [-0.4, -0.2) is 65.9 Å². The third-order valence-electron chi connectivity index (χ3n) is 7.13. The summed E-state index contributed by atoms with van der Waals surface area (Å²) in [5, 5.41) is 1.11. The number of aromatic nitrogens is 2. The van der Waals surface area contributed by atoms with Crippen molar-refractivity contribution < 1.29 is 13.2 Å². The molecule has 8 heteroatoms. The van der Waals surface area contributed by atoms with Crippen LogP contribution in [0, 0.1) is 5.92 Å². The SMILES string of the molecule is CS(=O)(=O)N1CCC(C(=O)N2CCC(c3ccc4cc(C5CC5)cnc4n3)CC2)CC1. The number of rotatable bonds is 4. The van der Waals surface area contributed by atoms with Gasteiger partial charge in [-0.25, -0.2) is 22.7 Å². The summed E-state index contributed by atoms with van der Waals surface area (Å²) in [4.78, 5) is 24.4. The molecule has 1 amide bonds. The maximum absolute atomic E-state index is 13.0. The minimum absolute atomic E-state index is 0.0572. The number of hydrogen-bond donors (Lipinski definition) is 0. The first-order chi connectivity index (χ1) is 14.9. The first-order valence-corrected chi connectivity index (χ1v) is 13.2. The summed E-state index contributed by atoms with van der Waals surface area (Å²) in [5.74, 6) is 1.17. The predicted molar refractivity (Wildman–Crippen MR) is 119 cm³/mol. The molecule has 3 fully saturated rings. The van der Waals surface area contributed by atoms with Gasteiger partial charge in [0.25, 0.3) is 0 Å². The van der Waals surface area contributed by atoms with E-state index < -0.39 is 10.0 Å². The van der Waals surface area contributed by atoms with Crippen molar-refractivity contribution in [2.75, 3.05) is 32.4 Å². The molecule has 0 aromatic carbocycles. The van der Waals surface area contributed by atoms with Crippen molar-refractivity contribution in [1.82, 2.24) is 19.2 Å². The average molecular weight is 443 g/mol. The van der Waals surface area contributed by atoms with Gasteiger partial charge in [0.2, 0.25) is 15.9 Å². The molecule has 7 nitrogen and oxygen atoms in total. The Bertz CT molecular complexity index is 1080. The number of carbonyl (C=O) groups excluding carboxylic acids is 1. The highest BCUT2D eigenvalue weighted by Crippen LogP contribution is 2.40. The smallest absolute Gasteiger partial charge is 0.225 e. The molecule has 0 bridgehead atoms. The maximum Gasteiger partial charge on any atom is 0.225 e. The van der Waals surface area contributed by atoms with Gasteiger partial charge in [0, 0.05) is 55.3 Å². The molecule has 166 valence electrons. The number of carbonyl (C=O) groups is 1. The Kier molecular flexibility index (Phi) is 5.46. The van der Waals surface area contributed by atoms with Crippen LogP contribution in [0.25, 0.3) is 11.0 Å². The van der Waals surface area contributed by atoms with E-state index in [0.29, 0.717) is 37.8 Å². The van der Waals surface area contributed by atoms with Crippen molar-refractivity contribution in [3.8, 4) is 0 Å². The van der Waals surface area contributed by atoms with Crippen molar-refractivity contribution in [2.24, 2.45) is 5.92 Å². The molecule has 4 heterocycles. The molecule has 1 saturated carbocycles. The molecule has 2 aliphatic heterocycles. The van der Waals surface area contributed by atoms with Crippen LogP contribution in [0.1, 0.15) is 61.6 Å². The van der Waals surface area contributed by atoms with Crippen molar-refractivity contribution in [1.29, 1.82) is 0 Å². The van der Waals surface area contributed by atoms with Crippen LogP contribution < -0.4 is 0 Å². The molecule has 0 unspecified atom stereocenters. The number of likely N-dealkylation sites (tertiary alicyclic amines) is 1. The van der Waals surface area contributed by atoms with E-state index >= 15 is 0 Å². The second kappa shape index (κ2) is 8.13. The first-order valence-electron chi connectivity index (χ1n) is 11.4. The van der Waals surface area contributed by atoms with E-state index in [1.807, 2.05) is 11.1 Å². The second-order valence-corrected chi connectivity index (χ2v) is 11.3. The molecular weight excluding hydrogens is 412 g/mol. The van der Waals surface area contributed by atoms with Crippen molar-refractivity contribution in [3.05, 3.63) is 35.7 Å². The zero-order valence-corrected chi connectivity index (χ0v) is 18.9. The summed E-state index contributed by atoms with van der Waals surface area (Å²) in [5.41, 5.74) is 3.22. The molecule has 0 radical (unpaired) electrons. The standard InChI is InChI=1S/C23H30N4O3S/c1-31(29,30)27-12-8-18(9-13-27)23(28)26-10-6-17(7-11-26)21-5-4-19-14-20(16-2-3-16)15-24-22(19)25-21/h4-5,14-18H,2-3,6-13H2,1H3. The summed E-state index contributed by atoms with van der Waals surface area (Å²) < 4.78 is 24.9. The minimum atomic E-state index is -3.16. The van der Waals surface area contributed by atoms with E-state index in [9.17, 15) is 13.2 Å². The van der Waals surface area contributed by atoms with E-state index in [4.69, 9.17) is 4.98 Å². The highest BCUT2D eigenvalue weighted by Gasteiger charge is 2.33. The van der Waals surface area contributed by atoms with Crippen LogP contribution in [0.5, 0.6) is 0 Å². The minimum Gasteiger partial charge on any atom is -0.342 e. The Morgan fingerprint density at radius 3 is 2.32 bits per heavy atom. The van der Waals surface area contributed by atoms with Gasteiger partial charge in [-0.15, -0.1) is 0 Å². The number of fused-ring (bicyclic) bond motifs is 1. The molecule has 0 N–H and O–H groups in total. The van der Waals surface area contributed by atoms with E-state index in [2.05, 4.69) is 23.2 Å². The van der Waals surface area contributed by atoms with Crippen molar-refractivity contribution in [3.63, 3.8) is 0 Å². The summed E-state index contributed by atoms with van der Waals surface area (Å²) >= 11 is 0. The van der Waals surface area contributed by atoms with Crippen LogP contribution in [0.15, 0.2) is 24.4 Å². The van der Waals surface area contributed by atoms with Gasteiger partial charge in [0.05, 0.1) is 6.26 Å². The molecule has 5 rings (SSSR count). The number of pyridine rings is 2. The molecule has 0 atom stereocenters. The highest BCUT2D eigenvalue weighted by molar-refractivity contribution is 7.88. The zero-order chi connectivity index (χ0) is 21.6. The van der Waals surface area contributed by atoms with Gasteiger partial charge in [0.15, 0.2) is 5.65 Å². The van der Waals surface area contributed by atoms with Crippen LogP contribution >= 0.6 is 0 Å². The fraction of sp³-hybridized carbons (Fsp3) is 0.609. The highest BCUT2D eigenvalue weighted by atomic mass is 32.2. The van der Waals surface area contributed by atoms with Gasteiger partial charge in [-0.2, -0.15) is 0 Å². The van der Waals surface area contributed by atoms with Gasteiger partial charge in [0.1, 0.15) is 0 Å². The number of piperidine rings is 2. The first kappa shape index (κ1) is 20.8. The quantitative estimate of drug-likeness (QED) is 0.727. The summed E-state index contributed by atoms with van der Waals surface area (Å²) in [6.07, 6.45) is 8.81. The fourth-order valence-electron chi connectivity index (χ4n) is 5.00. The number of hydrogen-bond acceptors (Lipinski definition) is 5. The van der Waals surface area contributed by atoms with Gasteiger partial charge >= 0.3 is 0 Å². The Morgan fingerprint density at radius 1 is 0.968 bits per heavy atom.